The quantitative estimate of drug-likeness (QED) is 0.817. The van der Waals surface area contributed by atoms with Gasteiger partial charge in [0.2, 0.25) is 0 Å². The summed E-state index contributed by atoms with van der Waals surface area (Å²) >= 11 is 7.23. The van der Waals surface area contributed by atoms with Gasteiger partial charge in [0.1, 0.15) is 17.1 Å². The Bertz CT molecular complexity index is 924. The summed E-state index contributed by atoms with van der Waals surface area (Å²) < 4.78 is 20.3. The summed E-state index contributed by atoms with van der Waals surface area (Å²) in [5.41, 5.74) is 6.08. The van der Waals surface area contributed by atoms with Crippen molar-refractivity contribution in [2.75, 3.05) is 24.3 Å². The normalized spacial score (nSPS) is 24.2. The molecule has 27 heavy (non-hydrogen) atoms. The van der Waals surface area contributed by atoms with Crippen LogP contribution < -0.4 is 11.1 Å². The third-order valence-corrected chi connectivity index (χ3v) is 5.89. The largest absolute Gasteiger partial charge is 0.379 e. The highest BCUT2D eigenvalue weighted by atomic mass is 35.5. The molecule has 1 fully saturated rings. The molecule has 2 atom stereocenters. The zero-order chi connectivity index (χ0) is 19.0. The minimum absolute atomic E-state index is 0.0215. The van der Waals surface area contributed by atoms with Crippen molar-refractivity contribution in [2.24, 2.45) is 16.6 Å². The number of carbonyl (C=O) groups is 1. The van der Waals surface area contributed by atoms with Crippen molar-refractivity contribution < 1.29 is 13.9 Å². The summed E-state index contributed by atoms with van der Waals surface area (Å²) in [6, 6.07) is 7.51. The first-order valence-electron chi connectivity index (χ1n) is 8.27. The summed E-state index contributed by atoms with van der Waals surface area (Å²) in [6.45, 7) is 0.750. The number of benzene rings is 1. The van der Waals surface area contributed by atoms with Gasteiger partial charge in [-0.15, -0.1) is 0 Å². The number of nitrogens with two attached hydrogens (primary N) is 1. The number of anilines is 1. The smallest absolute Gasteiger partial charge is 0.274 e. The van der Waals surface area contributed by atoms with Crippen LogP contribution in [0.2, 0.25) is 5.02 Å². The van der Waals surface area contributed by atoms with Crippen LogP contribution in [0, 0.1) is 11.7 Å². The van der Waals surface area contributed by atoms with Gasteiger partial charge in [-0.05, 0) is 30.3 Å². The molecule has 3 heterocycles. The molecular formula is C18H16ClFN4O2S. The Morgan fingerprint density at radius 3 is 3.04 bits per heavy atom. The molecule has 6 nitrogen and oxygen atoms in total. The zero-order valence-electron chi connectivity index (χ0n) is 14.1. The second kappa shape index (κ2) is 7.10. The summed E-state index contributed by atoms with van der Waals surface area (Å²) in [5.74, 6) is -0.0898. The molecule has 1 saturated heterocycles. The van der Waals surface area contributed by atoms with Gasteiger partial charge in [-0.25, -0.2) is 14.4 Å². The standard InChI is InChI=1S/C18H16ClFN4O2S/c19-11-1-4-15(22-6-11)16(25)23-12-2-3-14(20)13(5-12)18-9-26-7-10(18)8-27-17(21)24-18/h1-6,10H,7-9H2,(H2,21,24)(H,23,25)/t10-,18+/m0/s1. The van der Waals surface area contributed by atoms with Crippen LogP contribution in [0.15, 0.2) is 41.5 Å². The first-order valence-corrected chi connectivity index (χ1v) is 9.63. The van der Waals surface area contributed by atoms with Crippen molar-refractivity contribution in [2.45, 2.75) is 5.54 Å². The predicted molar refractivity (Wildman–Crippen MR) is 104 cm³/mol. The van der Waals surface area contributed by atoms with E-state index in [1.54, 1.807) is 12.1 Å². The van der Waals surface area contributed by atoms with Gasteiger partial charge in [-0.3, -0.25) is 4.79 Å². The summed E-state index contributed by atoms with van der Waals surface area (Å²) in [7, 11) is 0. The average Bonchev–Trinajstić information content (AvgIpc) is 3.07. The highest BCUT2D eigenvalue weighted by molar-refractivity contribution is 8.13. The number of aromatic nitrogens is 1. The number of rotatable bonds is 3. The lowest BCUT2D eigenvalue weighted by Gasteiger charge is -2.34. The Morgan fingerprint density at radius 2 is 2.26 bits per heavy atom. The number of amidine groups is 1. The van der Waals surface area contributed by atoms with Crippen LogP contribution in [0.25, 0.3) is 0 Å². The van der Waals surface area contributed by atoms with Crippen molar-refractivity contribution in [3.8, 4) is 0 Å². The molecule has 3 N–H and O–H groups in total. The Kier molecular flexibility index (Phi) is 4.79. The summed E-state index contributed by atoms with van der Waals surface area (Å²) in [5, 5.41) is 3.59. The fourth-order valence-corrected chi connectivity index (χ4v) is 4.42. The lowest BCUT2D eigenvalue weighted by molar-refractivity contribution is 0.102. The van der Waals surface area contributed by atoms with E-state index in [1.165, 1.54) is 36.2 Å². The van der Waals surface area contributed by atoms with Gasteiger partial charge in [0, 0.05) is 29.1 Å². The number of ether oxygens (including phenoxy) is 1. The Labute approximate surface area is 164 Å². The van der Waals surface area contributed by atoms with Crippen LogP contribution >= 0.6 is 23.4 Å². The van der Waals surface area contributed by atoms with Crippen molar-refractivity contribution >= 4 is 40.1 Å². The monoisotopic (exact) mass is 406 g/mol. The molecule has 4 rings (SSSR count). The molecule has 1 amide bonds. The van der Waals surface area contributed by atoms with Gasteiger partial charge < -0.3 is 15.8 Å². The zero-order valence-corrected chi connectivity index (χ0v) is 15.7. The van der Waals surface area contributed by atoms with E-state index < -0.39 is 17.3 Å². The van der Waals surface area contributed by atoms with E-state index in [0.29, 0.717) is 33.8 Å². The summed E-state index contributed by atoms with van der Waals surface area (Å²) in [4.78, 5) is 20.9. The first-order chi connectivity index (χ1) is 13.0. The van der Waals surface area contributed by atoms with Crippen LogP contribution in [0.4, 0.5) is 10.1 Å². The molecule has 0 saturated carbocycles. The molecule has 0 spiro atoms. The molecule has 2 aromatic rings. The van der Waals surface area contributed by atoms with E-state index in [2.05, 4.69) is 15.3 Å². The number of halogens is 2. The van der Waals surface area contributed by atoms with E-state index in [-0.39, 0.29) is 18.2 Å². The van der Waals surface area contributed by atoms with Crippen LogP contribution in [0.5, 0.6) is 0 Å². The van der Waals surface area contributed by atoms with Gasteiger partial charge >= 0.3 is 0 Å². The van der Waals surface area contributed by atoms with Gasteiger partial charge in [0.25, 0.3) is 5.91 Å². The van der Waals surface area contributed by atoms with E-state index >= 15 is 0 Å². The maximum atomic E-state index is 14.7. The number of carbonyl (C=O) groups excluding carboxylic acids is 1. The predicted octanol–water partition coefficient (Wildman–Crippen LogP) is 3.03. The van der Waals surface area contributed by atoms with Crippen molar-refractivity contribution in [1.29, 1.82) is 0 Å². The minimum atomic E-state index is -0.862. The lowest BCUT2D eigenvalue weighted by Crippen LogP contribution is -2.40. The van der Waals surface area contributed by atoms with Crippen LogP contribution in [-0.4, -0.2) is 35.0 Å². The van der Waals surface area contributed by atoms with Crippen molar-refractivity contribution in [1.82, 2.24) is 4.98 Å². The van der Waals surface area contributed by atoms with Gasteiger partial charge in [-0.2, -0.15) is 0 Å². The number of fused-ring (bicyclic) bond motifs is 1. The number of nitrogens with one attached hydrogen (secondary N) is 1. The average molecular weight is 407 g/mol. The minimum Gasteiger partial charge on any atom is -0.379 e. The van der Waals surface area contributed by atoms with Gasteiger partial charge in [-0.1, -0.05) is 23.4 Å². The number of aliphatic imine (C=N–C) groups is 1. The van der Waals surface area contributed by atoms with Gasteiger partial charge in [0.15, 0.2) is 5.17 Å². The molecule has 0 radical (unpaired) electrons. The first kappa shape index (κ1) is 18.2. The van der Waals surface area contributed by atoms with E-state index in [4.69, 9.17) is 22.1 Å². The molecule has 0 unspecified atom stereocenters. The Morgan fingerprint density at radius 1 is 1.41 bits per heavy atom. The topological polar surface area (TPSA) is 89.6 Å². The number of hydrogen-bond acceptors (Lipinski definition) is 6. The molecule has 9 heteroatoms. The van der Waals surface area contributed by atoms with E-state index in [0.717, 1.165) is 0 Å². The third-order valence-electron chi connectivity index (χ3n) is 4.71. The number of pyridine rings is 1. The molecule has 140 valence electrons. The number of nitrogens with zero attached hydrogens (tertiary/aromatic N) is 2. The highest BCUT2D eigenvalue weighted by Gasteiger charge is 2.49. The molecule has 0 aliphatic carbocycles. The van der Waals surface area contributed by atoms with Crippen molar-refractivity contribution in [3.63, 3.8) is 0 Å². The molecule has 0 bridgehead atoms. The maximum Gasteiger partial charge on any atom is 0.274 e. The second-order valence-corrected chi connectivity index (χ2v) is 7.88. The molecule has 1 aromatic carbocycles. The van der Waals surface area contributed by atoms with Crippen molar-refractivity contribution in [3.05, 3.63) is 58.6 Å². The molecular weight excluding hydrogens is 391 g/mol. The third kappa shape index (κ3) is 3.40. The van der Waals surface area contributed by atoms with Crippen LogP contribution in [0.3, 0.4) is 0 Å². The van der Waals surface area contributed by atoms with Crippen LogP contribution in [0.1, 0.15) is 16.1 Å². The van der Waals surface area contributed by atoms with E-state index in [1.807, 2.05) is 0 Å². The summed E-state index contributed by atoms with van der Waals surface area (Å²) in [6.07, 6.45) is 1.39. The second-order valence-electron chi connectivity index (χ2n) is 6.41. The SMILES string of the molecule is NC1=N[C@]2(c3cc(NC(=O)c4ccc(Cl)cn4)ccc3F)COC[C@H]2CS1. The number of thioether (sulfide) groups is 1. The van der Waals surface area contributed by atoms with Crippen LogP contribution in [-0.2, 0) is 10.3 Å². The Balaban J connectivity index is 1.67. The number of hydrogen-bond donors (Lipinski definition) is 2. The fourth-order valence-electron chi connectivity index (χ4n) is 3.33. The fraction of sp³-hybridized carbons (Fsp3) is 0.278. The molecule has 2 aliphatic rings. The van der Waals surface area contributed by atoms with Gasteiger partial charge in [0.05, 0.1) is 18.2 Å². The number of amides is 1. The lowest BCUT2D eigenvalue weighted by atomic mass is 9.81. The highest BCUT2D eigenvalue weighted by Crippen LogP contribution is 2.45. The Hall–Kier alpha value is -2.16. The van der Waals surface area contributed by atoms with E-state index in [9.17, 15) is 9.18 Å². The molecule has 1 aromatic heterocycles. The molecule has 2 aliphatic heterocycles. The maximum absolute atomic E-state index is 14.7.